The molecule has 29 heavy (non-hydrogen) atoms. The lowest BCUT2D eigenvalue weighted by Gasteiger charge is -2.33. The summed E-state index contributed by atoms with van der Waals surface area (Å²) in [5.74, 6) is -0.217. The van der Waals surface area contributed by atoms with Crippen LogP contribution < -0.4 is 5.32 Å². The quantitative estimate of drug-likeness (QED) is 0.629. The third-order valence-electron chi connectivity index (χ3n) is 5.83. The van der Waals surface area contributed by atoms with E-state index in [4.69, 9.17) is 0 Å². The average molecular weight is 390 g/mol. The van der Waals surface area contributed by atoms with Gasteiger partial charge in [0, 0.05) is 41.3 Å². The van der Waals surface area contributed by atoms with E-state index in [-0.39, 0.29) is 36.0 Å². The van der Waals surface area contributed by atoms with E-state index in [0.29, 0.717) is 0 Å². The molecule has 1 saturated heterocycles. The van der Waals surface area contributed by atoms with Crippen molar-refractivity contribution in [2.75, 3.05) is 6.54 Å². The molecule has 1 N–H and O–H groups in total. The second kappa shape index (κ2) is 8.12. The van der Waals surface area contributed by atoms with Crippen molar-refractivity contribution < 1.29 is 9.59 Å². The molecule has 1 aromatic carbocycles. The van der Waals surface area contributed by atoms with Crippen LogP contribution in [-0.2, 0) is 16.1 Å². The van der Waals surface area contributed by atoms with Crippen molar-refractivity contribution in [3.05, 3.63) is 41.6 Å². The Balaban J connectivity index is 1.62. The molecule has 1 atom stereocenters. The minimum absolute atomic E-state index is 0.0933. The third kappa shape index (κ3) is 4.19. The molecule has 2 amide bonds. The predicted molar refractivity (Wildman–Crippen MR) is 112 cm³/mol. The lowest BCUT2D eigenvalue weighted by Crippen LogP contribution is -2.43. The molecule has 0 unspecified atom stereocenters. The second-order valence-electron chi connectivity index (χ2n) is 8.08. The molecule has 2 aliphatic rings. The van der Waals surface area contributed by atoms with E-state index in [1.165, 1.54) is 6.42 Å². The Kier molecular flexibility index (Phi) is 5.39. The molecular formula is C23H26N4O2. The molecule has 2 aromatic rings. The van der Waals surface area contributed by atoms with Crippen LogP contribution in [0.4, 0.5) is 0 Å². The van der Waals surface area contributed by atoms with Crippen LogP contribution in [0.5, 0.6) is 0 Å². The van der Waals surface area contributed by atoms with Gasteiger partial charge in [-0.1, -0.05) is 18.2 Å². The topological polar surface area (TPSA) is 78.1 Å². The molecule has 2 fully saturated rings. The van der Waals surface area contributed by atoms with Gasteiger partial charge in [0.15, 0.2) is 0 Å². The molecule has 1 aliphatic carbocycles. The average Bonchev–Trinajstić information content (AvgIpc) is 3.48. The number of nitrogens with zero attached hydrogens (tertiary/aromatic N) is 3. The van der Waals surface area contributed by atoms with Crippen LogP contribution in [0.15, 0.2) is 36.0 Å². The lowest BCUT2D eigenvalue weighted by atomic mass is 10.0. The molecule has 1 aliphatic heterocycles. The van der Waals surface area contributed by atoms with Crippen LogP contribution in [0.1, 0.15) is 44.6 Å². The summed E-state index contributed by atoms with van der Waals surface area (Å²) in [7, 11) is 0. The van der Waals surface area contributed by atoms with Crippen LogP contribution in [0.2, 0.25) is 0 Å². The number of nitrogens with one attached hydrogen (secondary N) is 1. The summed E-state index contributed by atoms with van der Waals surface area (Å²) in [6.07, 6.45) is 8.73. The first kappa shape index (κ1) is 19.3. The minimum atomic E-state index is -0.329. The molecule has 0 bridgehead atoms. The molecule has 4 rings (SSSR count). The zero-order valence-electron chi connectivity index (χ0n) is 16.7. The Morgan fingerprint density at radius 1 is 1.24 bits per heavy atom. The minimum Gasteiger partial charge on any atom is -0.349 e. The number of para-hydroxylation sites is 1. The van der Waals surface area contributed by atoms with Crippen LogP contribution in [0, 0.1) is 11.3 Å². The van der Waals surface area contributed by atoms with Gasteiger partial charge in [0.05, 0.1) is 0 Å². The van der Waals surface area contributed by atoms with E-state index in [9.17, 15) is 14.9 Å². The Labute approximate surface area is 170 Å². The van der Waals surface area contributed by atoms with Crippen molar-refractivity contribution >= 4 is 28.8 Å². The Hall–Kier alpha value is -3.07. The first-order valence-corrected chi connectivity index (χ1v) is 10.4. The number of amides is 2. The number of carbonyl (C=O) groups is 2. The van der Waals surface area contributed by atoms with Gasteiger partial charge in [0.2, 0.25) is 5.91 Å². The van der Waals surface area contributed by atoms with Gasteiger partial charge >= 0.3 is 0 Å². The number of carbonyl (C=O) groups excluding carboxylic acids is 2. The summed E-state index contributed by atoms with van der Waals surface area (Å²) < 4.78 is 1.93. The van der Waals surface area contributed by atoms with Gasteiger partial charge in [-0.3, -0.25) is 9.59 Å². The van der Waals surface area contributed by atoms with E-state index in [0.717, 1.165) is 48.7 Å². The molecule has 6 nitrogen and oxygen atoms in total. The fraction of sp³-hybridized carbons (Fsp3) is 0.435. The molecule has 0 spiro atoms. The Morgan fingerprint density at radius 3 is 2.76 bits per heavy atom. The number of benzene rings is 1. The zero-order valence-corrected chi connectivity index (χ0v) is 16.7. The van der Waals surface area contributed by atoms with Gasteiger partial charge in [-0.2, -0.15) is 5.26 Å². The highest BCUT2D eigenvalue weighted by atomic mass is 16.2. The van der Waals surface area contributed by atoms with Crippen molar-refractivity contribution in [2.45, 2.75) is 57.7 Å². The van der Waals surface area contributed by atoms with Crippen molar-refractivity contribution in [3.63, 3.8) is 0 Å². The fourth-order valence-corrected chi connectivity index (χ4v) is 4.02. The van der Waals surface area contributed by atoms with Gasteiger partial charge in [-0.05, 0) is 51.2 Å². The molecular weight excluding hydrogens is 364 g/mol. The molecule has 150 valence electrons. The highest BCUT2D eigenvalue weighted by Crippen LogP contribution is 2.25. The van der Waals surface area contributed by atoms with Crippen LogP contribution in [-0.4, -0.2) is 39.9 Å². The highest BCUT2D eigenvalue weighted by Gasteiger charge is 2.26. The maximum Gasteiger partial charge on any atom is 0.262 e. The Morgan fingerprint density at radius 2 is 2.03 bits per heavy atom. The van der Waals surface area contributed by atoms with Gasteiger partial charge < -0.3 is 14.8 Å². The first-order valence-electron chi connectivity index (χ1n) is 10.4. The lowest BCUT2D eigenvalue weighted by molar-refractivity contribution is -0.135. The summed E-state index contributed by atoms with van der Waals surface area (Å²) in [4.78, 5) is 27.2. The van der Waals surface area contributed by atoms with Crippen molar-refractivity contribution in [1.82, 2.24) is 14.8 Å². The molecule has 0 radical (unpaired) electrons. The van der Waals surface area contributed by atoms with Crippen LogP contribution in [0.25, 0.3) is 17.0 Å². The number of nitriles is 1. The summed E-state index contributed by atoms with van der Waals surface area (Å²) in [5.41, 5.74) is 1.80. The van der Waals surface area contributed by atoms with Gasteiger partial charge in [-0.15, -0.1) is 0 Å². The number of piperidine rings is 1. The zero-order chi connectivity index (χ0) is 20.4. The second-order valence-corrected chi connectivity index (χ2v) is 8.08. The molecule has 1 aromatic heterocycles. The largest absolute Gasteiger partial charge is 0.349 e. The number of likely N-dealkylation sites (tertiary alicyclic amines) is 1. The Bertz CT molecular complexity index is 1010. The standard InChI is InChI=1S/C23H26N4O2/c1-16-6-4-5-11-27(16)22(28)15-26-14-18(20-7-2-3-8-21(20)26)12-17(13-24)23(29)25-19-9-10-19/h2-3,7-8,12,14,16,19H,4-6,9-11,15H2,1H3,(H,25,29)/b17-12+/t16-/m1/s1. The summed E-state index contributed by atoms with van der Waals surface area (Å²) >= 11 is 0. The molecule has 1 saturated carbocycles. The maximum absolute atomic E-state index is 12.9. The van der Waals surface area contributed by atoms with Crippen molar-refractivity contribution in [1.29, 1.82) is 5.26 Å². The summed E-state index contributed by atoms with van der Waals surface area (Å²) in [6.45, 7) is 3.18. The number of rotatable bonds is 5. The number of fused-ring (bicyclic) bond motifs is 1. The number of aromatic nitrogens is 1. The van der Waals surface area contributed by atoms with E-state index >= 15 is 0 Å². The van der Waals surface area contributed by atoms with Crippen LogP contribution >= 0.6 is 0 Å². The van der Waals surface area contributed by atoms with Gasteiger partial charge in [0.25, 0.3) is 5.91 Å². The first-order chi connectivity index (χ1) is 14.1. The maximum atomic E-state index is 12.9. The SMILES string of the molecule is C[C@@H]1CCCCN1C(=O)Cn1cc(/C=C(\C#N)C(=O)NC2CC2)c2ccccc21. The van der Waals surface area contributed by atoms with Gasteiger partial charge in [-0.25, -0.2) is 0 Å². The van der Waals surface area contributed by atoms with Gasteiger partial charge in [0.1, 0.15) is 18.2 Å². The molecule has 6 heteroatoms. The fourth-order valence-electron chi connectivity index (χ4n) is 4.02. The van der Waals surface area contributed by atoms with E-state index in [1.807, 2.05) is 46.0 Å². The normalized spacial score (nSPS) is 19.8. The summed E-state index contributed by atoms with van der Waals surface area (Å²) in [6, 6.07) is 10.3. The smallest absolute Gasteiger partial charge is 0.262 e. The van der Waals surface area contributed by atoms with Crippen LogP contribution in [0.3, 0.4) is 0 Å². The third-order valence-corrected chi connectivity index (χ3v) is 5.83. The number of hydrogen-bond donors (Lipinski definition) is 1. The number of hydrogen-bond acceptors (Lipinski definition) is 3. The van der Waals surface area contributed by atoms with E-state index < -0.39 is 0 Å². The monoisotopic (exact) mass is 390 g/mol. The van der Waals surface area contributed by atoms with Crippen molar-refractivity contribution in [2.24, 2.45) is 0 Å². The van der Waals surface area contributed by atoms with Crippen molar-refractivity contribution in [3.8, 4) is 6.07 Å². The highest BCUT2D eigenvalue weighted by molar-refractivity contribution is 6.04. The predicted octanol–water partition coefficient (Wildman–Crippen LogP) is 3.23. The van der Waals surface area contributed by atoms with E-state index in [2.05, 4.69) is 12.2 Å². The van der Waals surface area contributed by atoms with E-state index in [1.54, 1.807) is 6.08 Å². The summed E-state index contributed by atoms with van der Waals surface area (Å²) in [5, 5.41) is 13.3. The molecule has 2 heterocycles.